The van der Waals surface area contributed by atoms with E-state index in [0.717, 1.165) is 29.4 Å². The van der Waals surface area contributed by atoms with Crippen molar-refractivity contribution in [2.75, 3.05) is 5.32 Å². The second kappa shape index (κ2) is 7.22. The van der Waals surface area contributed by atoms with E-state index < -0.39 is 0 Å². The minimum atomic E-state index is -0.0997. The smallest absolute Gasteiger partial charge is 0.227 e. The molecule has 1 aliphatic rings. The van der Waals surface area contributed by atoms with Gasteiger partial charge in [0, 0.05) is 42.5 Å². The number of nitrogens with zero attached hydrogens (tertiary/aromatic N) is 3. The van der Waals surface area contributed by atoms with Crippen LogP contribution in [0.4, 0.5) is 5.82 Å². The monoisotopic (exact) mass is 366 g/mol. The number of benzene rings is 1. The van der Waals surface area contributed by atoms with Gasteiger partial charge in [-0.15, -0.1) is 0 Å². The van der Waals surface area contributed by atoms with E-state index in [2.05, 4.69) is 25.9 Å². The summed E-state index contributed by atoms with van der Waals surface area (Å²) in [7, 11) is 0. The number of fused-ring (bicyclic) bond motifs is 1. The first-order chi connectivity index (χ1) is 13.1. The Balaban J connectivity index is 1.28. The minimum absolute atomic E-state index is 0.000901. The molecule has 3 aromatic rings. The van der Waals surface area contributed by atoms with E-state index in [4.69, 9.17) is 0 Å². The predicted molar refractivity (Wildman–Crippen MR) is 101 cm³/mol. The highest BCUT2D eigenvalue weighted by atomic mass is 16.2. The molecule has 0 aliphatic heterocycles. The summed E-state index contributed by atoms with van der Waals surface area (Å²) in [6.07, 6.45) is 3.91. The first-order valence-electron chi connectivity index (χ1n) is 9.11. The van der Waals surface area contributed by atoms with Gasteiger partial charge < -0.3 is 10.6 Å². The van der Waals surface area contributed by atoms with E-state index in [1.165, 1.54) is 6.92 Å². The Labute approximate surface area is 156 Å². The van der Waals surface area contributed by atoms with Crippen molar-refractivity contribution in [1.82, 2.24) is 25.3 Å². The maximum atomic E-state index is 12.2. The molecule has 0 unspecified atom stereocenters. The van der Waals surface area contributed by atoms with Crippen LogP contribution < -0.4 is 10.6 Å². The van der Waals surface area contributed by atoms with Crippen LogP contribution in [0.1, 0.15) is 37.8 Å². The van der Waals surface area contributed by atoms with Crippen molar-refractivity contribution in [3.05, 3.63) is 42.2 Å². The molecule has 0 atom stereocenters. The Morgan fingerprint density at radius 1 is 1.30 bits per heavy atom. The van der Waals surface area contributed by atoms with Crippen LogP contribution in [-0.4, -0.2) is 37.8 Å². The van der Waals surface area contributed by atoms with Gasteiger partial charge >= 0.3 is 0 Å². The summed E-state index contributed by atoms with van der Waals surface area (Å²) >= 11 is 0. The maximum Gasteiger partial charge on any atom is 0.227 e. The van der Waals surface area contributed by atoms with E-state index in [1.807, 2.05) is 35.0 Å². The number of aryl methyl sites for hydroxylation is 1. The number of nitrogens with one attached hydrogen (secondary N) is 3. The highest BCUT2D eigenvalue weighted by Gasteiger charge is 2.32. The highest BCUT2D eigenvalue weighted by Crippen LogP contribution is 2.36. The van der Waals surface area contributed by atoms with Crippen LogP contribution in [0.5, 0.6) is 0 Å². The van der Waals surface area contributed by atoms with Gasteiger partial charge in [-0.05, 0) is 18.9 Å². The number of anilines is 1. The molecule has 1 aliphatic carbocycles. The molecule has 0 radical (unpaired) electrons. The van der Waals surface area contributed by atoms with Gasteiger partial charge in [-0.3, -0.25) is 19.4 Å². The van der Waals surface area contributed by atoms with E-state index in [9.17, 15) is 9.59 Å². The summed E-state index contributed by atoms with van der Waals surface area (Å²) < 4.78 is 1.83. The van der Waals surface area contributed by atoms with E-state index in [1.54, 1.807) is 6.20 Å². The zero-order valence-electron chi connectivity index (χ0n) is 15.1. The van der Waals surface area contributed by atoms with Gasteiger partial charge in [0.25, 0.3) is 0 Å². The summed E-state index contributed by atoms with van der Waals surface area (Å²) in [4.78, 5) is 23.3. The second-order valence-corrected chi connectivity index (χ2v) is 7.00. The zero-order chi connectivity index (χ0) is 18.8. The molecule has 8 nitrogen and oxygen atoms in total. The molecule has 1 aromatic carbocycles. The Kier molecular flexibility index (Phi) is 4.62. The Morgan fingerprint density at radius 2 is 2.11 bits per heavy atom. The highest BCUT2D eigenvalue weighted by molar-refractivity contribution is 5.89. The molecular formula is C19H22N6O2. The van der Waals surface area contributed by atoms with Crippen molar-refractivity contribution < 1.29 is 9.59 Å². The van der Waals surface area contributed by atoms with Crippen LogP contribution in [0.15, 0.2) is 36.5 Å². The first-order valence-corrected chi connectivity index (χ1v) is 9.11. The molecule has 2 aromatic heterocycles. The van der Waals surface area contributed by atoms with Crippen LogP contribution >= 0.6 is 0 Å². The van der Waals surface area contributed by atoms with Crippen molar-refractivity contribution in [3.8, 4) is 0 Å². The number of hydrogen-bond donors (Lipinski definition) is 3. The van der Waals surface area contributed by atoms with Crippen molar-refractivity contribution in [3.63, 3.8) is 0 Å². The Bertz CT molecular complexity index is 969. The quantitative estimate of drug-likeness (QED) is 0.622. The molecule has 140 valence electrons. The summed E-state index contributed by atoms with van der Waals surface area (Å²) in [6.45, 7) is 2.04. The van der Waals surface area contributed by atoms with Crippen molar-refractivity contribution >= 4 is 28.5 Å². The number of carbonyl (C=O) groups is 2. The average molecular weight is 366 g/mol. The lowest BCUT2D eigenvalue weighted by Crippen LogP contribution is -2.42. The van der Waals surface area contributed by atoms with Gasteiger partial charge in [0.1, 0.15) is 0 Å². The van der Waals surface area contributed by atoms with Gasteiger partial charge in [-0.2, -0.15) is 10.2 Å². The van der Waals surface area contributed by atoms with Gasteiger partial charge in [-0.25, -0.2) is 0 Å². The number of aromatic amines is 1. The first kappa shape index (κ1) is 17.3. The molecule has 1 saturated carbocycles. The fourth-order valence-corrected chi connectivity index (χ4v) is 3.50. The van der Waals surface area contributed by atoms with Crippen LogP contribution in [0.2, 0.25) is 0 Å². The normalized spacial score (nSPS) is 18.9. The predicted octanol–water partition coefficient (Wildman–Crippen LogP) is 2.17. The molecule has 0 bridgehead atoms. The van der Waals surface area contributed by atoms with Crippen LogP contribution in [0, 0.1) is 0 Å². The molecule has 3 N–H and O–H groups in total. The Morgan fingerprint density at radius 3 is 2.93 bits per heavy atom. The lowest BCUT2D eigenvalue weighted by atomic mass is 9.78. The molecule has 27 heavy (non-hydrogen) atoms. The van der Waals surface area contributed by atoms with Gasteiger partial charge in [0.15, 0.2) is 5.82 Å². The molecule has 2 heterocycles. The maximum absolute atomic E-state index is 12.2. The number of rotatable bonds is 6. The minimum Gasteiger partial charge on any atom is -0.354 e. The van der Waals surface area contributed by atoms with Gasteiger partial charge in [-0.1, -0.05) is 18.2 Å². The summed E-state index contributed by atoms with van der Waals surface area (Å²) in [5, 5.41) is 18.3. The van der Waals surface area contributed by atoms with Crippen molar-refractivity contribution in [2.45, 2.75) is 44.7 Å². The molecule has 4 rings (SSSR count). The van der Waals surface area contributed by atoms with E-state index in [0.29, 0.717) is 24.7 Å². The third-order valence-corrected chi connectivity index (χ3v) is 4.95. The van der Waals surface area contributed by atoms with Crippen molar-refractivity contribution in [2.24, 2.45) is 0 Å². The third-order valence-electron chi connectivity index (χ3n) is 4.95. The second-order valence-electron chi connectivity index (χ2n) is 7.00. The number of hydrogen-bond acceptors (Lipinski definition) is 4. The molecule has 1 fully saturated rings. The van der Waals surface area contributed by atoms with Gasteiger partial charge in [0.2, 0.25) is 11.8 Å². The number of H-pyrrole nitrogens is 1. The molecule has 0 saturated heterocycles. The van der Waals surface area contributed by atoms with E-state index in [-0.39, 0.29) is 17.9 Å². The summed E-state index contributed by atoms with van der Waals surface area (Å²) in [5.74, 6) is 0.775. The molecule has 2 amide bonds. The molecule has 0 spiro atoms. The lowest BCUT2D eigenvalue weighted by molar-refractivity contribution is -0.120. The summed E-state index contributed by atoms with van der Waals surface area (Å²) in [6, 6.07) is 10.0. The number of aromatic nitrogens is 4. The SMILES string of the molecule is CC(=O)NC1CC(c2cc(NC(=O)CCn3ncc4ccccc43)n[nH]2)C1. The van der Waals surface area contributed by atoms with Crippen molar-refractivity contribution in [1.29, 1.82) is 0 Å². The summed E-state index contributed by atoms with van der Waals surface area (Å²) in [5.41, 5.74) is 2.01. The largest absolute Gasteiger partial charge is 0.354 e. The number of amides is 2. The van der Waals surface area contributed by atoms with Gasteiger partial charge in [0.05, 0.1) is 18.3 Å². The van der Waals surface area contributed by atoms with Crippen LogP contribution in [-0.2, 0) is 16.1 Å². The Hall–Kier alpha value is -3.16. The molecule has 8 heteroatoms. The average Bonchev–Trinajstić information content (AvgIpc) is 3.22. The zero-order valence-corrected chi connectivity index (χ0v) is 15.1. The standard InChI is InChI=1S/C19H22N6O2/c1-12(26)21-15-8-14(9-15)16-10-18(24-23-16)22-19(27)6-7-25-17-5-3-2-4-13(17)11-20-25/h2-5,10-11,14-15H,6-9H2,1H3,(H,21,26)(H2,22,23,24,27). The van der Waals surface area contributed by atoms with E-state index >= 15 is 0 Å². The lowest BCUT2D eigenvalue weighted by Gasteiger charge is -2.34. The van der Waals surface area contributed by atoms with Crippen LogP contribution in [0.3, 0.4) is 0 Å². The molecular weight excluding hydrogens is 344 g/mol. The number of para-hydroxylation sites is 1. The van der Waals surface area contributed by atoms with Crippen LogP contribution in [0.25, 0.3) is 10.9 Å². The fourth-order valence-electron chi connectivity index (χ4n) is 3.50. The fraction of sp³-hybridized carbons (Fsp3) is 0.368. The topological polar surface area (TPSA) is 105 Å². The number of carbonyl (C=O) groups excluding carboxylic acids is 2. The third kappa shape index (κ3) is 3.84.